The lowest BCUT2D eigenvalue weighted by Gasteiger charge is -2.27. The molecule has 2 rings (SSSR count). The second-order valence-electron chi connectivity index (χ2n) is 4.33. The number of aryl methyl sites for hydroxylation is 1. The molecular weight excluding hydrogens is 236 g/mol. The van der Waals surface area contributed by atoms with Crippen LogP contribution in [0.25, 0.3) is 0 Å². The topological polar surface area (TPSA) is 32.3 Å². The standard InChI is InChI=1S/C13H17ClN2O/c1-10-4-5-11(14)9-12(10)16-8-7-15-6-2-3-13(16)17/h4-5,9,15H,2-3,6-8H2,1H3. The summed E-state index contributed by atoms with van der Waals surface area (Å²) >= 11 is 6.00. The molecular formula is C13H17ClN2O. The lowest BCUT2D eigenvalue weighted by molar-refractivity contribution is -0.118. The Hall–Kier alpha value is -1.06. The lowest BCUT2D eigenvalue weighted by atomic mass is 10.1. The first kappa shape index (κ1) is 12.4. The summed E-state index contributed by atoms with van der Waals surface area (Å²) in [6, 6.07) is 5.68. The van der Waals surface area contributed by atoms with Gasteiger partial charge >= 0.3 is 0 Å². The highest BCUT2D eigenvalue weighted by Gasteiger charge is 2.18. The minimum atomic E-state index is 0.192. The van der Waals surface area contributed by atoms with E-state index in [1.54, 1.807) is 0 Å². The van der Waals surface area contributed by atoms with E-state index in [9.17, 15) is 4.79 Å². The maximum absolute atomic E-state index is 12.1. The molecule has 1 amide bonds. The summed E-state index contributed by atoms with van der Waals surface area (Å²) in [7, 11) is 0. The molecule has 3 nitrogen and oxygen atoms in total. The summed E-state index contributed by atoms with van der Waals surface area (Å²) in [4.78, 5) is 13.9. The monoisotopic (exact) mass is 252 g/mol. The number of amides is 1. The fraction of sp³-hybridized carbons (Fsp3) is 0.462. The van der Waals surface area contributed by atoms with Crippen molar-refractivity contribution in [2.75, 3.05) is 24.5 Å². The summed E-state index contributed by atoms with van der Waals surface area (Å²) in [5, 5.41) is 3.99. The number of benzene rings is 1. The van der Waals surface area contributed by atoms with Crippen LogP contribution in [0.3, 0.4) is 0 Å². The summed E-state index contributed by atoms with van der Waals surface area (Å²) in [5.74, 6) is 0.192. The highest BCUT2D eigenvalue weighted by molar-refractivity contribution is 6.31. The number of hydrogen-bond donors (Lipinski definition) is 1. The van der Waals surface area contributed by atoms with Gasteiger partial charge in [0.25, 0.3) is 0 Å². The van der Waals surface area contributed by atoms with E-state index < -0.39 is 0 Å². The Bertz CT molecular complexity index is 420. The number of anilines is 1. The Morgan fingerprint density at radius 3 is 3.00 bits per heavy atom. The van der Waals surface area contributed by atoms with Crippen molar-refractivity contribution in [3.05, 3.63) is 28.8 Å². The van der Waals surface area contributed by atoms with Gasteiger partial charge in [-0.05, 0) is 37.6 Å². The first-order chi connectivity index (χ1) is 8.18. The zero-order valence-electron chi connectivity index (χ0n) is 10.0. The number of carbonyl (C=O) groups excluding carboxylic acids is 1. The third kappa shape index (κ3) is 2.99. The molecule has 92 valence electrons. The van der Waals surface area contributed by atoms with Crippen LogP contribution in [0.4, 0.5) is 5.69 Å². The molecule has 1 fully saturated rings. The molecule has 0 radical (unpaired) electrons. The van der Waals surface area contributed by atoms with Gasteiger partial charge in [0.2, 0.25) is 5.91 Å². The van der Waals surface area contributed by atoms with Crippen molar-refractivity contribution in [1.82, 2.24) is 5.32 Å². The first-order valence-corrected chi connectivity index (χ1v) is 6.33. The summed E-state index contributed by atoms with van der Waals surface area (Å²) < 4.78 is 0. The molecule has 1 aromatic rings. The molecule has 0 spiro atoms. The van der Waals surface area contributed by atoms with Gasteiger partial charge in [-0.15, -0.1) is 0 Å². The molecule has 1 aliphatic rings. The van der Waals surface area contributed by atoms with Crippen LogP contribution in [0.2, 0.25) is 5.02 Å². The molecule has 1 aromatic carbocycles. The molecule has 4 heteroatoms. The van der Waals surface area contributed by atoms with Gasteiger partial charge in [0.05, 0.1) is 0 Å². The number of carbonyl (C=O) groups is 1. The first-order valence-electron chi connectivity index (χ1n) is 5.96. The van der Waals surface area contributed by atoms with Crippen LogP contribution in [-0.2, 0) is 4.79 Å². The second-order valence-corrected chi connectivity index (χ2v) is 4.77. The lowest BCUT2D eigenvalue weighted by Crippen LogP contribution is -2.40. The van der Waals surface area contributed by atoms with Crippen molar-refractivity contribution in [2.24, 2.45) is 0 Å². The van der Waals surface area contributed by atoms with E-state index in [1.807, 2.05) is 30.0 Å². The van der Waals surface area contributed by atoms with E-state index in [0.29, 0.717) is 18.0 Å². The number of halogens is 1. The van der Waals surface area contributed by atoms with Gasteiger partial charge in [-0.1, -0.05) is 17.7 Å². The van der Waals surface area contributed by atoms with Crippen LogP contribution >= 0.6 is 11.6 Å². The van der Waals surface area contributed by atoms with E-state index >= 15 is 0 Å². The molecule has 1 heterocycles. The molecule has 17 heavy (non-hydrogen) atoms. The van der Waals surface area contributed by atoms with E-state index in [0.717, 1.165) is 30.8 Å². The Morgan fingerprint density at radius 1 is 1.35 bits per heavy atom. The molecule has 1 N–H and O–H groups in total. The molecule has 0 aromatic heterocycles. The normalized spacial score (nSPS) is 17.8. The third-order valence-electron chi connectivity index (χ3n) is 3.02. The Labute approximate surface area is 107 Å². The van der Waals surface area contributed by atoms with E-state index in [4.69, 9.17) is 11.6 Å². The predicted molar refractivity (Wildman–Crippen MR) is 70.6 cm³/mol. The van der Waals surface area contributed by atoms with Gasteiger partial charge in [0.1, 0.15) is 0 Å². The second kappa shape index (κ2) is 5.52. The number of nitrogens with zero attached hydrogens (tertiary/aromatic N) is 1. The van der Waals surface area contributed by atoms with Crippen molar-refractivity contribution >= 4 is 23.2 Å². The minimum absolute atomic E-state index is 0.192. The number of rotatable bonds is 1. The Kier molecular flexibility index (Phi) is 4.02. The summed E-state index contributed by atoms with van der Waals surface area (Å²) in [6.45, 7) is 4.47. The number of nitrogens with one attached hydrogen (secondary N) is 1. The van der Waals surface area contributed by atoms with Crippen LogP contribution in [0.15, 0.2) is 18.2 Å². The maximum atomic E-state index is 12.1. The van der Waals surface area contributed by atoms with Gasteiger partial charge in [0.15, 0.2) is 0 Å². The van der Waals surface area contributed by atoms with E-state index in [2.05, 4.69) is 5.32 Å². The van der Waals surface area contributed by atoms with Crippen molar-refractivity contribution in [2.45, 2.75) is 19.8 Å². The van der Waals surface area contributed by atoms with Gasteiger partial charge in [-0.25, -0.2) is 0 Å². The number of hydrogen-bond acceptors (Lipinski definition) is 2. The van der Waals surface area contributed by atoms with Crippen molar-refractivity contribution in [3.8, 4) is 0 Å². The fourth-order valence-electron chi connectivity index (χ4n) is 2.07. The molecule has 1 saturated heterocycles. The molecule has 0 aliphatic carbocycles. The molecule has 0 saturated carbocycles. The fourth-order valence-corrected chi connectivity index (χ4v) is 2.23. The van der Waals surface area contributed by atoms with E-state index in [1.165, 1.54) is 0 Å². The van der Waals surface area contributed by atoms with Gasteiger partial charge in [0, 0.05) is 30.2 Å². The maximum Gasteiger partial charge on any atom is 0.227 e. The average Bonchev–Trinajstić information content (AvgIpc) is 2.28. The Morgan fingerprint density at radius 2 is 2.18 bits per heavy atom. The van der Waals surface area contributed by atoms with Crippen molar-refractivity contribution < 1.29 is 4.79 Å². The van der Waals surface area contributed by atoms with Crippen molar-refractivity contribution in [1.29, 1.82) is 0 Å². The smallest absolute Gasteiger partial charge is 0.227 e. The van der Waals surface area contributed by atoms with Crippen LogP contribution in [-0.4, -0.2) is 25.5 Å². The van der Waals surface area contributed by atoms with Gasteiger partial charge in [-0.3, -0.25) is 4.79 Å². The Balaban J connectivity index is 2.28. The zero-order valence-corrected chi connectivity index (χ0v) is 10.8. The van der Waals surface area contributed by atoms with Gasteiger partial charge < -0.3 is 10.2 Å². The average molecular weight is 253 g/mol. The van der Waals surface area contributed by atoms with Crippen LogP contribution < -0.4 is 10.2 Å². The highest BCUT2D eigenvalue weighted by Crippen LogP contribution is 2.25. The largest absolute Gasteiger partial charge is 0.315 e. The quantitative estimate of drug-likeness (QED) is 0.832. The SMILES string of the molecule is Cc1ccc(Cl)cc1N1CCNCCCC1=O. The van der Waals surface area contributed by atoms with Gasteiger partial charge in [-0.2, -0.15) is 0 Å². The van der Waals surface area contributed by atoms with Crippen LogP contribution in [0.5, 0.6) is 0 Å². The molecule has 0 unspecified atom stereocenters. The van der Waals surface area contributed by atoms with Crippen molar-refractivity contribution in [3.63, 3.8) is 0 Å². The summed E-state index contributed by atoms with van der Waals surface area (Å²) in [5.41, 5.74) is 2.02. The predicted octanol–water partition coefficient (Wildman–Crippen LogP) is 2.36. The minimum Gasteiger partial charge on any atom is -0.315 e. The molecule has 0 atom stereocenters. The highest BCUT2D eigenvalue weighted by atomic mass is 35.5. The van der Waals surface area contributed by atoms with E-state index in [-0.39, 0.29) is 5.91 Å². The van der Waals surface area contributed by atoms with Crippen LogP contribution in [0, 0.1) is 6.92 Å². The molecule has 0 bridgehead atoms. The third-order valence-corrected chi connectivity index (χ3v) is 3.25. The molecule has 1 aliphatic heterocycles. The van der Waals surface area contributed by atoms with Crippen LogP contribution in [0.1, 0.15) is 18.4 Å². The summed E-state index contributed by atoms with van der Waals surface area (Å²) in [6.07, 6.45) is 1.49. The zero-order chi connectivity index (χ0) is 12.3.